The van der Waals surface area contributed by atoms with Crippen molar-refractivity contribution in [3.63, 3.8) is 0 Å². The fourth-order valence-electron chi connectivity index (χ4n) is 1.93. The lowest BCUT2D eigenvalue weighted by molar-refractivity contribution is -0.286. The summed E-state index contributed by atoms with van der Waals surface area (Å²) in [6.45, 7) is 1.31. The number of H-pyrrole nitrogens is 1. The van der Waals surface area contributed by atoms with E-state index in [9.17, 15) is 23.5 Å². The highest BCUT2D eigenvalue weighted by Gasteiger charge is 2.43. The smallest absolute Gasteiger partial charge is 0.494 e. The summed E-state index contributed by atoms with van der Waals surface area (Å²) in [5, 5.41) is 9.89. The van der Waals surface area contributed by atoms with Crippen molar-refractivity contribution in [2.75, 3.05) is 0 Å². The van der Waals surface area contributed by atoms with Gasteiger partial charge in [-0.1, -0.05) is 0 Å². The number of aromatic nitrogens is 2. The lowest BCUT2D eigenvalue weighted by atomic mass is 10.2. The molecule has 0 amide bonds. The van der Waals surface area contributed by atoms with Gasteiger partial charge < -0.3 is 14.6 Å². The summed E-state index contributed by atoms with van der Waals surface area (Å²) in [4.78, 5) is 25.1. The SMILES string of the molecule is Cc1c(O)n(-c2ccc3c(c2)OC(F)(F)O3)c(=O)[nH]c1=O. The van der Waals surface area contributed by atoms with Gasteiger partial charge in [0.1, 0.15) is 0 Å². The summed E-state index contributed by atoms with van der Waals surface area (Å²) >= 11 is 0. The molecule has 0 saturated heterocycles. The molecular weight excluding hydrogens is 290 g/mol. The largest absolute Gasteiger partial charge is 0.586 e. The van der Waals surface area contributed by atoms with Gasteiger partial charge in [-0.2, -0.15) is 0 Å². The molecule has 3 rings (SSSR count). The minimum Gasteiger partial charge on any atom is -0.494 e. The van der Waals surface area contributed by atoms with E-state index in [1.165, 1.54) is 13.0 Å². The first-order valence-electron chi connectivity index (χ1n) is 5.74. The van der Waals surface area contributed by atoms with Gasteiger partial charge in [0.2, 0.25) is 5.88 Å². The Kier molecular flexibility index (Phi) is 2.55. The predicted molar refractivity (Wildman–Crippen MR) is 65.3 cm³/mol. The Morgan fingerprint density at radius 2 is 1.90 bits per heavy atom. The minimum atomic E-state index is -3.78. The molecule has 0 bridgehead atoms. The van der Waals surface area contributed by atoms with Crippen LogP contribution < -0.4 is 20.7 Å². The molecule has 0 saturated carbocycles. The summed E-state index contributed by atoms with van der Waals surface area (Å²) in [5.41, 5.74) is -1.69. The van der Waals surface area contributed by atoms with Crippen molar-refractivity contribution >= 4 is 0 Å². The Morgan fingerprint density at radius 1 is 1.24 bits per heavy atom. The van der Waals surface area contributed by atoms with Gasteiger partial charge in [0.15, 0.2) is 11.5 Å². The number of aromatic hydroxyl groups is 1. The number of aromatic amines is 1. The molecule has 110 valence electrons. The van der Waals surface area contributed by atoms with E-state index >= 15 is 0 Å². The van der Waals surface area contributed by atoms with Crippen LogP contribution in [0.1, 0.15) is 5.56 Å². The number of nitrogens with zero attached hydrogens (tertiary/aromatic N) is 1. The fraction of sp³-hybridized carbons (Fsp3) is 0.167. The molecule has 0 spiro atoms. The van der Waals surface area contributed by atoms with Crippen LogP contribution in [0.5, 0.6) is 17.4 Å². The molecule has 9 heteroatoms. The number of nitrogens with one attached hydrogen (secondary N) is 1. The van der Waals surface area contributed by atoms with Crippen LogP contribution in [-0.2, 0) is 0 Å². The number of benzene rings is 1. The zero-order chi connectivity index (χ0) is 15.4. The molecule has 1 aromatic carbocycles. The van der Waals surface area contributed by atoms with Crippen LogP contribution in [-0.4, -0.2) is 21.0 Å². The highest BCUT2D eigenvalue weighted by molar-refractivity contribution is 5.51. The summed E-state index contributed by atoms with van der Waals surface area (Å²) in [5.74, 6) is -1.07. The topological polar surface area (TPSA) is 93.6 Å². The first-order chi connectivity index (χ1) is 9.78. The molecule has 0 atom stereocenters. The van der Waals surface area contributed by atoms with Crippen LogP contribution >= 0.6 is 0 Å². The Labute approximate surface area is 115 Å². The highest BCUT2D eigenvalue weighted by Crippen LogP contribution is 2.41. The second-order valence-electron chi connectivity index (χ2n) is 4.34. The van der Waals surface area contributed by atoms with E-state index < -0.39 is 23.4 Å². The molecule has 1 aromatic heterocycles. The van der Waals surface area contributed by atoms with Gasteiger partial charge in [0, 0.05) is 6.07 Å². The maximum atomic E-state index is 12.9. The Hall–Kier alpha value is -2.84. The molecule has 21 heavy (non-hydrogen) atoms. The van der Waals surface area contributed by atoms with Gasteiger partial charge in [-0.15, -0.1) is 8.78 Å². The third-order valence-electron chi connectivity index (χ3n) is 2.95. The van der Waals surface area contributed by atoms with E-state index in [4.69, 9.17) is 0 Å². The van der Waals surface area contributed by atoms with Gasteiger partial charge in [-0.25, -0.2) is 9.36 Å². The van der Waals surface area contributed by atoms with Crippen molar-refractivity contribution in [1.29, 1.82) is 0 Å². The maximum absolute atomic E-state index is 12.9. The molecule has 2 heterocycles. The van der Waals surface area contributed by atoms with Crippen molar-refractivity contribution < 1.29 is 23.4 Å². The fourth-order valence-corrected chi connectivity index (χ4v) is 1.93. The second-order valence-corrected chi connectivity index (χ2v) is 4.34. The summed E-state index contributed by atoms with van der Waals surface area (Å²) in [7, 11) is 0. The number of alkyl halides is 2. The molecule has 1 aliphatic heterocycles. The van der Waals surface area contributed by atoms with Gasteiger partial charge in [0.25, 0.3) is 5.56 Å². The number of fused-ring (bicyclic) bond motifs is 1. The van der Waals surface area contributed by atoms with Crippen molar-refractivity contribution in [3.8, 4) is 23.1 Å². The first-order valence-corrected chi connectivity index (χ1v) is 5.74. The van der Waals surface area contributed by atoms with Crippen LogP contribution in [0.15, 0.2) is 27.8 Å². The van der Waals surface area contributed by atoms with Crippen LogP contribution in [0, 0.1) is 6.92 Å². The van der Waals surface area contributed by atoms with E-state index in [-0.39, 0.29) is 22.7 Å². The number of halogens is 2. The van der Waals surface area contributed by atoms with E-state index in [1.807, 2.05) is 4.98 Å². The van der Waals surface area contributed by atoms with Gasteiger partial charge in [-0.3, -0.25) is 9.78 Å². The predicted octanol–water partition coefficient (Wildman–Crippen LogP) is 0.861. The van der Waals surface area contributed by atoms with Crippen LogP contribution in [0.25, 0.3) is 5.69 Å². The van der Waals surface area contributed by atoms with E-state index in [1.54, 1.807) is 0 Å². The normalized spacial score (nSPS) is 15.2. The zero-order valence-corrected chi connectivity index (χ0v) is 10.5. The highest BCUT2D eigenvalue weighted by atomic mass is 19.3. The lowest BCUT2D eigenvalue weighted by Gasteiger charge is -2.09. The van der Waals surface area contributed by atoms with Gasteiger partial charge in [-0.05, 0) is 19.1 Å². The zero-order valence-electron chi connectivity index (χ0n) is 10.5. The minimum absolute atomic E-state index is 0.0388. The Balaban J connectivity index is 2.19. The molecule has 0 fully saturated rings. The average molecular weight is 298 g/mol. The van der Waals surface area contributed by atoms with E-state index in [0.29, 0.717) is 0 Å². The average Bonchev–Trinajstić information content (AvgIpc) is 2.69. The second kappa shape index (κ2) is 4.08. The standard InChI is InChI=1S/C12H8F2N2O5/c1-5-9(17)15-11(19)16(10(5)18)6-2-3-7-8(4-6)21-12(13,14)20-7/h2-4,18H,1H3,(H,15,17,19). The molecule has 0 unspecified atom stereocenters. The van der Waals surface area contributed by atoms with Crippen LogP contribution in [0.3, 0.4) is 0 Å². The summed E-state index contributed by atoms with van der Waals surface area (Å²) in [6, 6.07) is 3.52. The molecule has 0 radical (unpaired) electrons. The molecule has 2 N–H and O–H groups in total. The molecule has 0 aliphatic carbocycles. The lowest BCUT2D eigenvalue weighted by Crippen LogP contribution is -2.30. The quantitative estimate of drug-likeness (QED) is 0.814. The number of rotatable bonds is 1. The number of hydrogen-bond acceptors (Lipinski definition) is 5. The third-order valence-corrected chi connectivity index (χ3v) is 2.95. The van der Waals surface area contributed by atoms with E-state index in [0.717, 1.165) is 16.7 Å². The summed E-state index contributed by atoms with van der Waals surface area (Å²) < 4.78 is 35.1. The maximum Gasteiger partial charge on any atom is 0.586 e. The summed E-state index contributed by atoms with van der Waals surface area (Å²) in [6.07, 6.45) is -3.78. The Morgan fingerprint density at radius 3 is 2.62 bits per heavy atom. The Bertz CT molecular complexity index is 856. The molecule has 2 aromatic rings. The molecule has 1 aliphatic rings. The van der Waals surface area contributed by atoms with Crippen molar-refractivity contribution in [2.24, 2.45) is 0 Å². The first kappa shape index (κ1) is 13.2. The molecular formula is C12H8F2N2O5. The number of ether oxygens (including phenoxy) is 2. The van der Waals surface area contributed by atoms with Crippen molar-refractivity contribution in [3.05, 3.63) is 44.6 Å². The van der Waals surface area contributed by atoms with Crippen LogP contribution in [0.2, 0.25) is 0 Å². The van der Waals surface area contributed by atoms with Crippen molar-refractivity contribution in [1.82, 2.24) is 9.55 Å². The monoisotopic (exact) mass is 298 g/mol. The van der Waals surface area contributed by atoms with E-state index in [2.05, 4.69) is 9.47 Å². The third kappa shape index (κ3) is 2.02. The number of hydrogen-bond donors (Lipinski definition) is 2. The van der Waals surface area contributed by atoms with Crippen molar-refractivity contribution in [2.45, 2.75) is 13.2 Å². The van der Waals surface area contributed by atoms with Gasteiger partial charge in [0.05, 0.1) is 11.3 Å². The molecule has 7 nitrogen and oxygen atoms in total. The van der Waals surface area contributed by atoms with Crippen LogP contribution in [0.4, 0.5) is 8.78 Å². The van der Waals surface area contributed by atoms with Gasteiger partial charge >= 0.3 is 12.0 Å².